The first-order valence-electron chi connectivity index (χ1n) is 11.1. The first kappa shape index (κ1) is 24.9. The number of fused-ring (bicyclic) bond motifs is 1. The third-order valence-corrected chi connectivity index (χ3v) is 9.47. The molecule has 1 aliphatic heterocycles. The van der Waals surface area contributed by atoms with E-state index in [1.807, 2.05) is 0 Å². The molecule has 3 atom stereocenters. The van der Waals surface area contributed by atoms with Crippen molar-refractivity contribution in [3.63, 3.8) is 0 Å². The number of alkyl halides is 6. The Balaban J connectivity index is 1.82. The summed E-state index contributed by atoms with van der Waals surface area (Å²) in [5, 5.41) is 18.4. The molecule has 2 aliphatic carbocycles. The van der Waals surface area contributed by atoms with Gasteiger partial charge >= 0.3 is 17.8 Å². The Bertz CT molecular complexity index is 1310. The van der Waals surface area contributed by atoms with Crippen molar-refractivity contribution in [2.75, 3.05) is 6.61 Å². The number of aliphatic hydroxyl groups is 2. The van der Waals surface area contributed by atoms with Gasteiger partial charge in [0, 0.05) is 55.4 Å². The van der Waals surface area contributed by atoms with E-state index in [-0.39, 0.29) is 35.0 Å². The lowest BCUT2D eigenvalue weighted by atomic mass is 9.80. The maximum absolute atomic E-state index is 15.5. The van der Waals surface area contributed by atoms with Crippen LogP contribution >= 0.6 is 23.1 Å². The predicted octanol–water partition coefficient (Wildman–Crippen LogP) is 6.95. The highest BCUT2D eigenvalue weighted by molar-refractivity contribution is 8.04. The molecule has 0 bridgehead atoms. The minimum atomic E-state index is -5.60. The van der Waals surface area contributed by atoms with E-state index in [4.69, 9.17) is 0 Å². The van der Waals surface area contributed by atoms with Crippen molar-refractivity contribution in [2.45, 2.75) is 49.9 Å². The first-order chi connectivity index (χ1) is 16.4. The molecule has 2 N–H and O–H groups in total. The Morgan fingerprint density at radius 3 is 2.43 bits per heavy atom. The molecular weight excluding hydrogens is 510 g/mol. The minimum Gasteiger partial charge on any atom is -0.396 e. The van der Waals surface area contributed by atoms with E-state index >= 15 is 17.6 Å². The fraction of sp³-hybridized carbons (Fsp3) is 0.440. The lowest BCUT2D eigenvalue weighted by Gasteiger charge is -2.29. The Labute approximate surface area is 206 Å². The molecule has 3 aliphatic rings. The molecule has 2 nitrogen and oxygen atoms in total. The van der Waals surface area contributed by atoms with Crippen LogP contribution < -0.4 is 0 Å². The topological polar surface area (TPSA) is 40.5 Å². The van der Waals surface area contributed by atoms with Gasteiger partial charge in [-0.15, -0.1) is 23.1 Å². The third kappa shape index (κ3) is 3.32. The number of rotatable bonds is 4. The summed E-state index contributed by atoms with van der Waals surface area (Å²) in [6.45, 7) is 2.56. The van der Waals surface area contributed by atoms with Crippen LogP contribution in [0, 0.1) is 18.8 Å². The van der Waals surface area contributed by atoms with Crippen LogP contribution in [0.25, 0.3) is 15.7 Å². The van der Waals surface area contributed by atoms with E-state index in [2.05, 4.69) is 0 Å². The second-order valence-electron chi connectivity index (χ2n) is 9.22. The van der Waals surface area contributed by atoms with Crippen LogP contribution in [-0.2, 0) is 6.61 Å². The average Bonchev–Trinajstić information content (AvgIpc) is 3.32. The molecule has 0 amide bonds. The summed E-state index contributed by atoms with van der Waals surface area (Å²) in [6, 6.07) is 4.43. The molecule has 1 aromatic carbocycles. The molecule has 35 heavy (non-hydrogen) atoms. The van der Waals surface area contributed by atoms with Crippen molar-refractivity contribution in [3.05, 3.63) is 62.4 Å². The average molecular weight is 533 g/mol. The monoisotopic (exact) mass is 532 g/mol. The molecule has 1 aromatic heterocycles. The number of hydrogen-bond donors (Lipinski definition) is 2. The highest BCUT2D eigenvalue weighted by atomic mass is 32.2. The second kappa shape index (κ2) is 8.13. The van der Waals surface area contributed by atoms with Gasteiger partial charge in [0.15, 0.2) is 0 Å². The number of aliphatic hydroxyl groups excluding tert-OH is 2. The lowest BCUT2D eigenvalue weighted by Crippen LogP contribution is -2.50. The summed E-state index contributed by atoms with van der Waals surface area (Å²) in [7, 11) is 0. The van der Waals surface area contributed by atoms with E-state index in [0.717, 1.165) is 11.3 Å². The van der Waals surface area contributed by atoms with Crippen molar-refractivity contribution in [3.8, 4) is 0 Å². The number of halogens is 6. The first-order valence-corrected chi connectivity index (χ1v) is 12.8. The molecule has 2 heterocycles. The quantitative estimate of drug-likeness (QED) is 0.419. The number of thioether (sulfide) groups is 1. The highest BCUT2D eigenvalue weighted by Crippen LogP contribution is 2.67. The molecule has 3 unspecified atom stereocenters. The smallest absolute Gasteiger partial charge is 0.380 e. The van der Waals surface area contributed by atoms with Gasteiger partial charge in [0.1, 0.15) is 0 Å². The Morgan fingerprint density at radius 2 is 1.77 bits per heavy atom. The van der Waals surface area contributed by atoms with Crippen LogP contribution in [0.4, 0.5) is 26.3 Å². The van der Waals surface area contributed by atoms with Crippen LogP contribution in [0.2, 0.25) is 0 Å². The van der Waals surface area contributed by atoms with Crippen molar-refractivity contribution < 1.29 is 36.6 Å². The Kier molecular flexibility index (Phi) is 5.79. The molecule has 0 saturated carbocycles. The summed E-state index contributed by atoms with van der Waals surface area (Å²) in [6.07, 6.45) is 3.48. The summed E-state index contributed by atoms with van der Waals surface area (Å²) in [5.41, 5.74) is -1.97. The van der Waals surface area contributed by atoms with Crippen LogP contribution in [0.5, 0.6) is 0 Å². The van der Waals surface area contributed by atoms with Crippen LogP contribution in [0.15, 0.2) is 46.4 Å². The Hall–Kier alpha value is -1.75. The Morgan fingerprint density at radius 1 is 1.06 bits per heavy atom. The number of aryl methyl sites for hydroxylation is 1. The van der Waals surface area contributed by atoms with Gasteiger partial charge in [-0.25, -0.2) is 0 Å². The van der Waals surface area contributed by atoms with E-state index < -0.39 is 40.1 Å². The zero-order chi connectivity index (χ0) is 25.5. The molecule has 0 radical (unpaired) electrons. The fourth-order valence-corrected chi connectivity index (χ4v) is 8.02. The maximum atomic E-state index is 15.5. The van der Waals surface area contributed by atoms with E-state index in [9.17, 15) is 19.0 Å². The second-order valence-corrected chi connectivity index (χ2v) is 11.9. The number of benzene rings is 1. The van der Waals surface area contributed by atoms with Gasteiger partial charge < -0.3 is 10.2 Å². The molecule has 0 spiro atoms. The van der Waals surface area contributed by atoms with Gasteiger partial charge in [-0.3, -0.25) is 0 Å². The predicted molar refractivity (Wildman–Crippen MR) is 126 cm³/mol. The van der Waals surface area contributed by atoms with Gasteiger partial charge in [0.25, 0.3) is 0 Å². The molecule has 0 saturated heterocycles. The van der Waals surface area contributed by atoms with Crippen LogP contribution in [0.1, 0.15) is 29.3 Å². The number of hydrogen-bond acceptors (Lipinski definition) is 4. The fourth-order valence-electron chi connectivity index (χ4n) is 5.38. The van der Waals surface area contributed by atoms with Crippen LogP contribution in [0.3, 0.4) is 0 Å². The zero-order valence-corrected chi connectivity index (χ0v) is 20.4. The summed E-state index contributed by atoms with van der Waals surface area (Å²) < 4.78 is 92.2. The van der Waals surface area contributed by atoms with E-state index in [1.165, 1.54) is 36.9 Å². The molecule has 0 fully saturated rings. The minimum absolute atomic E-state index is 0.164. The molecular formula is C25H22F6O2S2. The largest absolute Gasteiger partial charge is 0.396 e. The molecule has 10 heteroatoms. The highest BCUT2D eigenvalue weighted by Gasteiger charge is 2.81. The van der Waals surface area contributed by atoms with Gasteiger partial charge in [0.2, 0.25) is 0 Å². The van der Waals surface area contributed by atoms with Gasteiger partial charge in [0.05, 0.1) is 6.61 Å². The number of allylic oxidation sites excluding steroid dienone is 5. The SMILES string of the molecule is Cc1sc2cc(CO)ccc2c1C1=C(C2C3=C(CC(CO)C=C3)SC2C)C(F)(F)C(F)(F)C1(F)F. The molecule has 188 valence electrons. The lowest BCUT2D eigenvalue weighted by molar-refractivity contribution is -0.261. The van der Waals surface area contributed by atoms with Crippen molar-refractivity contribution in [1.82, 2.24) is 0 Å². The summed E-state index contributed by atoms with van der Waals surface area (Å²) in [5.74, 6) is -17.3. The number of thiophene rings is 1. The standard InChI is InChI=1S/C25H22F6O2S2/c1-11-19(15-5-3-13(9-32)7-17(15)34-11)21-22(24(28,29)25(30,31)23(21,26)27)20-12(2)35-18-8-14(10-33)4-6-16(18)20/h3-7,12,14,20,32-33H,8-10H2,1-2H3. The molecule has 5 rings (SSSR count). The summed E-state index contributed by atoms with van der Waals surface area (Å²) >= 11 is 2.25. The molecule has 2 aromatic rings. The van der Waals surface area contributed by atoms with E-state index in [0.29, 0.717) is 27.2 Å². The van der Waals surface area contributed by atoms with Crippen molar-refractivity contribution in [1.29, 1.82) is 0 Å². The normalized spacial score (nSPS) is 28.9. The third-order valence-electron chi connectivity index (χ3n) is 7.07. The van der Waals surface area contributed by atoms with Gasteiger partial charge in [-0.05, 0) is 35.5 Å². The van der Waals surface area contributed by atoms with Crippen molar-refractivity contribution >= 4 is 38.8 Å². The maximum Gasteiger partial charge on any atom is 0.380 e. The van der Waals surface area contributed by atoms with E-state index in [1.54, 1.807) is 19.1 Å². The zero-order valence-electron chi connectivity index (χ0n) is 18.7. The van der Waals surface area contributed by atoms with Crippen LogP contribution in [-0.4, -0.2) is 39.8 Å². The van der Waals surface area contributed by atoms with Gasteiger partial charge in [-0.2, -0.15) is 26.3 Å². The summed E-state index contributed by atoms with van der Waals surface area (Å²) in [4.78, 5) is 0.882. The van der Waals surface area contributed by atoms with Crippen molar-refractivity contribution in [2.24, 2.45) is 11.8 Å². The van der Waals surface area contributed by atoms with Gasteiger partial charge in [-0.1, -0.05) is 31.2 Å².